The van der Waals surface area contributed by atoms with E-state index in [-0.39, 0.29) is 6.54 Å². The van der Waals surface area contributed by atoms with Crippen molar-refractivity contribution < 1.29 is 18.0 Å². The lowest BCUT2D eigenvalue weighted by Crippen LogP contribution is -2.30. The molecule has 0 saturated heterocycles. The maximum atomic E-state index is 12.1. The number of nitrogens with zero attached hydrogens (tertiary/aromatic N) is 1. The number of amides is 1. The fourth-order valence-corrected chi connectivity index (χ4v) is 2.04. The smallest absolute Gasteiger partial charge is 0.341 e. The number of halogens is 5. The topological polar surface area (TPSA) is 20.3 Å². The van der Waals surface area contributed by atoms with Crippen molar-refractivity contribution in [2.24, 2.45) is 0 Å². The van der Waals surface area contributed by atoms with E-state index in [1.54, 1.807) is 18.2 Å². The van der Waals surface area contributed by atoms with Gasteiger partial charge in [-0.1, -0.05) is 15.9 Å². The molecule has 0 bridgehead atoms. The largest absolute Gasteiger partial charge is 0.390 e. The molecule has 2 nitrogen and oxygen atoms in total. The molecule has 0 saturated carbocycles. The Labute approximate surface area is 119 Å². The average Bonchev–Trinajstić information content (AvgIpc) is 2.27. The van der Waals surface area contributed by atoms with Gasteiger partial charge in [0.1, 0.15) is 0 Å². The Hall–Kier alpha value is -0.560. The standard InChI is InChI=1S/C11H10Br2F3NO/c1-17(5-4-11(14,15)16)10(18)8-6-7(12)2-3-9(8)13/h2-3,6H,4-5H2,1H3. The molecule has 1 amide bonds. The number of carbonyl (C=O) groups is 1. The first-order valence-electron chi connectivity index (χ1n) is 4.98. The molecular formula is C11H10Br2F3NO. The van der Waals surface area contributed by atoms with Crippen LogP contribution in [-0.2, 0) is 0 Å². The van der Waals surface area contributed by atoms with Gasteiger partial charge in [0.25, 0.3) is 5.91 Å². The third-order valence-electron chi connectivity index (χ3n) is 2.24. The van der Waals surface area contributed by atoms with Crippen molar-refractivity contribution in [1.82, 2.24) is 4.90 Å². The third kappa shape index (κ3) is 4.61. The molecule has 0 aliphatic rings. The molecular weight excluding hydrogens is 379 g/mol. The van der Waals surface area contributed by atoms with Crippen molar-refractivity contribution in [2.45, 2.75) is 12.6 Å². The van der Waals surface area contributed by atoms with E-state index in [9.17, 15) is 18.0 Å². The number of alkyl halides is 3. The highest BCUT2D eigenvalue weighted by molar-refractivity contribution is 9.11. The predicted molar refractivity (Wildman–Crippen MR) is 69.5 cm³/mol. The summed E-state index contributed by atoms with van der Waals surface area (Å²) < 4.78 is 37.5. The van der Waals surface area contributed by atoms with Gasteiger partial charge < -0.3 is 4.90 Å². The van der Waals surface area contributed by atoms with Gasteiger partial charge in [-0.25, -0.2) is 0 Å². The quantitative estimate of drug-likeness (QED) is 0.758. The molecule has 1 rings (SSSR count). The fraction of sp³-hybridized carbons (Fsp3) is 0.364. The van der Waals surface area contributed by atoms with E-state index in [2.05, 4.69) is 31.9 Å². The third-order valence-corrected chi connectivity index (χ3v) is 3.42. The van der Waals surface area contributed by atoms with Crippen molar-refractivity contribution in [1.29, 1.82) is 0 Å². The fourth-order valence-electron chi connectivity index (χ4n) is 1.26. The van der Waals surface area contributed by atoms with Crippen molar-refractivity contribution >= 4 is 37.8 Å². The van der Waals surface area contributed by atoms with Gasteiger partial charge in [-0.15, -0.1) is 0 Å². The van der Waals surface area contributed by atoms with Crippen LogP contribution in [0.5, 0.6) is 0 Å². The zero-order chi connectivity index (χ0) is 13.9. The molecule has 0 N–H and O–H groups in total. The minimum absolute atomic E-state index is 0.328. The second-order valence-electron chi connectivity index (χ2n) is 3.72. The van der Waals surface area contributed by atoms with Crippen molar-refractivity contribution in [3.05, 3.63) is 32.7 Å². The van der Waals surface area contributed by atoms with Crippen LogP contribution in [0.2, 0.25) is 0 Å². The Morgan fingerprint density at radius 3 is 2.50 bits per heavy atom. The number of hydrogen-bond donors (Lipinski definition) is 0. The summed E-state index contributed by atoms with van der Waals surface area (Å²) in [4.78, 5) is 13.0. The van der Waals surface area contributed by atoms with Crippen molar-refractivity contribution in [3.63, 3.8) is 0 Å². The van der Waals surface area contributed by atoms with Crippen LogP contribution in [0.25, 0.3) is 0 Å². The van der Waals surface area contributed by atoms with Gasteiger partial charge in [-0.3, -0.25) is 4.79 Å². The molecule has 0 radical (unpaired) electrons. The van der Waals surface area contributed by atoms with Crippen LogP contribution in [0.4, 0.5) is 13.2 Å². The van der Waals surface area contributed by atoms with Crippen LogP contribution < -0.4 is 0 Å². The van der Waals surface area contributed by atoms with Gasteiger partial charge in [0, 0.05) is 22.5 Å². The Balaban J connectivity index is 2.77. The summed E-state index contributed by atoms with van der Waals surface area (Å²) in [5.41, 5.74) is 0.328. The molecule has 1 aromatic carbocycles. The lowest BCUT2D eigenvalue weighted by Gasteiger charge is -2.19. The number of rotatable bonds is 3. The number of benzene rings is 1. The van der Waals surface area contributed by atoms with E-state index in [1.165, 1.54) is 7.05 Å². The molecule has 18 heavy (non-hydrogen) atoms. The van der Waals surface area contributed by atoms with Gasteiger partial charge >= 0.3 is 6.18 Å². The molecule has 0 unspecified atom stereocenters. The van der Waals surface area contributed by atoms with Gasteiger partial charge in [-0.2, -0.15) is 13.2 Å². The highest BCUT2D eigenvalue weighted by Gasteiger charge is 2.28. The number of carbonyl (C=O) groups excluding carboxylic acids is 1. The molecule has 0 spiro atoms. The van der Waals surface area contributed by atoms with Crippen LogP contribution in [-0.4, -0.2) is 30.6 Å². The monoisotopic (exact) mass is 387 g/mol. The van der Waals surface area contributed by atoms with E-state index in [4.69, 9.17) is 0 Å². The second kappa shape index (κ2) is 6.06. The molecule has 0 aliphatic carbocycles. The van der Waals surface area contributed by atoms with Crippen molar-refractivity contribution in [3.8, 4) is 0 Å². The van der Waals surface area contributed by atoms with Crippen LogP contribution in [0.3, 0.4) is 0 Å². The SMILES string of the molecule is CN(CCC(F)(F)F)C(=O)c1cc(Br)ccc1Br. The van der Waals surface area contributed by atoms with E-state index >= 15 is 0 Å². The molecule has 0 aliphatic heterocycles. The van der Waals surface area contributed by atoms with Crippen molar-refractivity contribution in [2.75, 3.05) is 13.6 Å². The van der Waals surface area contributed by atoms with E-state index < -0.39 is 18.5 Å². The first-order chi connectivity index (χ1) is 8.20. The number of hydrogen-bond acceptors (Lipinski definition) is 1. The summed E-state index contributed by atoms with van der Waals surface area (Å²) in [6, 6.07) is 4.96. The summed E-state index contributed by atoms with van der Waals surface area (Å²) in [5.74, 6) is -0.451. The lowest BCUT2D eigenvalue weighted by atomic mass is 10.2. The Morgan fingerprint density at radius 1 is 1.33 bits per heavy atom. The maximum absolute atomic E-state index is 12.1. The van der Waals surface area contributed by atoms with E-state index in [0.29, 0.717) is 14.5 Å². The van der Waals surface area contributed by atoms with Crippen LogP contribution in [0.1, 0.15) is 16.8 Å². The summed E-state index contributed by atoms with van der Waals surface area (Å²) in [6.07, 6.45) is -5.27. The zero-order valence-corrected chi connectivity index (χ0v) is 12.6. The maximum Gasteiger partial charge on any atom is 0.390 e. The first kappa shape index (κ1) is 15.5. The Morgan fingerprint density at radius 2 is 1.94 bits per heavy atom. The van der Waals surface area contributed by atoms with Gasteiger partial charge in [0.2, 0.25) is 0 Å². The van der Waals surface area contributed by atoms with E-state index in [1.807, 2.05) is 0 Å². The molecule has 100 valence electrons. The molecule has 1 aromatic rings. The van der Waals surface area contributed by atoms with Crippen LogP contribution >= 0.6 is 31.9 Å². The minimum Gasteiger partial charge on any atom is -0.341 e. The minimum atomic E-state index is -4.26. The summed E-state index contributed by atoms with van der Waals surface area (Å²) in [7, 11) is 1.35. The molecule has 0 fully saturated rings. The normalized spacial score (nSPS) is 11.4. The molecule has 0 atom stereocenters. The second-order valence-corrected chi connectivity index (χ2v) is 5.49. The van der Waals surface area contributed by atoms with Crippen LogP contribution in [0.15, 0.2) is 27.1 Å². The zero-order valence-electron chi connectivity index (χ0n) is 9.39. The summed E-state index contributed by atoms with van der Waals surface area (Å²) >= 11 is 6.41. The molecule has 0 aromatic heterocycles. The Kier molecular flexibility index (Phi) is 5.21. The van der Waals surface area contributed by atoms with Gasteiger partial charge in [-0.05, 0) is 34.1 Å². The average molecular weight is 389 g/mol. The van der Waals surface area contributed by atoms with Gasteiger partial charge in [0.05, 0.1) is 12.0 Å². The lowest BCUT2D eigenvalue weighted by molar-refractivity contribution is -0.136. The highest BCUT2D eigenvalue weighted by atomic mass is 79.9. The predicted octanol–water partition coefficient (Wildman–Crippen LogP) is 4.24. The molecule has 0 heterocycles. The van der Waals surface area contributed by atoms with Crippen LogP contribution in [0, 0.1) is 0 Å². The summed E-state index contributed by atoms with van der Waals surface area (Å²) in [6.45, 7) is -0.360. The summed E-state index contributed by atoms with van der Waals surface area (Å²) in [5, 5.41) is 0. The molecule has 7 heteroatoms. The first-order valence-corrected chi connectivity index (χ1v) is 6.56. The highest BCUT2D eigenvalue weighted by Crippen LogP contribution is 2.24. The Bertz CT molecular complexity index is 448. The van der Waals surface area contributed by atoms with Gasteiger partial charge in [0.15, 0.2) is 0 Å². The van der Waals surface area contributed by atoms with E-state index in [0.717, 1.165) is 4.90 Å².